The second kappa shape index (κ2) is 5.68. The third kappa shape index (κ3) is 2.59. The van der Waals surface area contributed by atoms with Gasteiger partial charge in [0.15, 0.2) is 5.65 Å². The lowest BCUT2D eigenvalue weighted by molar-refractivity contribution is 0.189. The fraction of sp³-hybridized carbons (Fsp3) is 0.471. The zero-order valence-electron chi connectivity index (χ0n) is 14.3. The molecule has 0 radical (unpaired) electrons. The van der Waals surface area contributed by atoms with Crippen molar-refractivity contribution in [2.24, 2.45) is 0 Å². The van der Waals surface area contributed by atoms with Crippen LogP contribution in [0.25, 0.3) is 5.65 Å². The van der Waals surface area contributed by atoms with Gasteiger partial charge in [-0.1, -0.05) is 0 Å². The summed E-state index contributed by atoms with van der Waals surface area (Å²) in [5, 5.41) is 18.6. The van der Waals surface area contributed by atoms with E-state index in [0.717, 1.165) is 60.2 Å². The van der Waals surface area contributed by atoms with Gasteiger partial charge in [-0.2, -0.15) is 10.2 Å². The standard InChI is InChI=1S/C17H22N6O/c1-11-6-12(2)23-17(19-11)14(8-18-23)9-21-4-5-22-15(10-21)7-16(20-22)13(3)24/h6-8,13,24H,4-5,9-10H2,1-3H3/t13-/m1/s1. The highest BCUT2D eigenvalue weighted by atomic mass is 16.3. The topological polar surface area (TPSA) is 71.5 Å². The first-order chi connectivity index (χ1) is 11.5. The van der Waals surface area contributed by atoms with E-state index in [-0.39, 0.29) is 0 Å². The van der Waals surface area contributed by atoms with Gasteiger partial charge in [-0.25, -0.2) is 9.50 Å². The van der Waals surface area contributed by atoms with Gasteiger partial charge in [-0.3, -0.25) is 9.58 Å². The molecule has 7 nitrogen and oxygen atoms in total. The molecule has 1 N–H and O–H groups in total. The molecular formula is C17H22N6O. The Hall–Kier alpha value is -2.25. The quantitative estimate of drug-likeness (QED) is 0.792. The van der Waals surface area contributed by atoms with E-state index in [2.05, 4.69) is 27.0 Å². The van der Waals surface area contributed by atoms with Crippen LogP contribution in [0.1, 0.15) is 41.4 Å². The normalized spacial score (nSPS) is 16.5. The number of aromatic nitrogens is 5. The Morgan fingerprint density at radius 1 is 1.25 bits per heavy atom. The van der Waals surface area contributed by atoms with E-state index in [0.29, 0.717) is 0 Å². The van der Waals surface area contributed by atoms with Crippen LogP contribution in [0.2, 0.25) is 0 Å². The van der Waals surface area contributed by atoms with Crippen molar-refractivity contribution < 1.29 is 5.11 Å². The number of fused-ring (bicyclic) bond motifs is 2. The van der Waals surface area contributed by atoms with E-state index >= 15 is 0 Å². The molecule has 0 aromatic carbocycles. The molecule has 4 rings (SSSR count). The van der Waals surface area contributed by atoms with Crippen LogP contribution in [0.3, 0.4) is 0 Å². The maximum atomic E-state index is 9.71. The molecule has 0 saturated heterocycles. The Labute approximate surface area is 140 Å². The highest BCUT2D eigenvalue weighted by Gasteiger charge is 2.21. The van der Waals surface area contributed by atoms with Crippen LogP contribution in [0, 0.1) is 13.8 Å². The first-order valence-corrected chi connectivity index (χ1v) is 8.29. The van der Waals surface area contributed by atoms with E-state index in [1.807, 2.05) is 34.5 Å². The van der Waals surface area contributed by atoms with E-state index < -0.39 is 6.10 Å². The third-order valence-electron chi connectivity index (χ3n) is 4.57. The second-order valence-corrected chi connectivity index (χ2v) is 6.61. The molecular weight excluding hydrogens is 304 g/mol. The molecule has 1 aliphatic heterocycles. The average Bonchev–Trinajstić information content (AvgIpc) is 3.11. The molecule has 4 heterocycles. The monoisotopic (exact) mass is 326 g/mol. The number of hydrogen-bond donors (Lipinski definition) is 1. The molecule has 0 fully saturated rings. The predicted octanol–water partition coefficient (Wildman–Crippen LogP) is 1.61. The largest absolute Gasteiger partial charge is 0.387 e. The van der Waals surface area contributed by atoms with Crippen molar-refractivity contribution >= 4 is 5.65 Å². The molecule has 24 heavy (non-hydrogen) atoms. The summed E-state index contributed by atoms with van der Waals surface area (Å²) in [6, 6.07) is 4.04. The first-order valence-electron chi connectivity index (χ1n) is 8.29. The molecule has 3 aromatic rings. The minimum absolute atomic E-state index is 0.522. The molecule has 0 saturated carbocycles. The highest BCUT2D eigenvalue weighted by molar-refractivity contribution is 5.47. The molecule has 7 heteroatoms. The third-order valence-corrected chi connectivity index (χ3v) is 4.57. The Morgan fingerprint density at radius 3 is 2.88 bits per heavy atom. The van der Waals surface area contributed by atoms with Gasteiger partial charge in [-0.15, -0.1) is 0 Å². The molecule has 0 spiro atoms. The van der Waals surface area contributed by atoms with E-state index in [4.69, 9.17) is 0 Å². The van der Waals surface area contributed by atoms with Crippen molar-refractivity contribution in [2.75, 3.05) is 6.54 Å². The minimum Gasteiger partial charge on any atom is -0.387 e. The van der Waals surface area contributed by atoms with Crippen LogP contribution in [0.4, 0.5) is 0 Å². The summed E-state index contributed by atoms with van der Waals surface area (Å²) in [5.41, 5.74) is 6.09. The lowest BCUT2D eigenvalue weighted by atomic mass is 10.2. The smallest absolute Gasteiger partial charge is 0.159 e. The summed E-state index contributed by atoms with van der Waals surface area (Å²) >= 11 is 0. The number of aliphatic hydroxyl groups is 1. The van der Waals surface area contributed by atoms with Gasteiger partial charge in [0.2, 0.25) is 0 Å². The zero-order valence-corrected chi connectivity index (χ0v) is 14.3. The molecule has 126 valence electrons. The Balaban J connectivity index is 1.58. The molecule has 0 unspecified atom stereocenters. The Kier molecular flexibility index (Phi) is 3.62. The predicted molar refractivity (Wildman–Crippen MR) is 89.4 cm³/mol. The Bertz CT molecular complexity index is 894. The fourth-order valence-corrected chi connectivity index (χ4v) is 3.35. The summed E-state index contributed by atoms with van der Waals surface area (Å²) in [6.45, 7) is 9.22. The molecule has 3 aromatic heterocycles. The summed E-state index contributed by atoms with van der Waals surface area (Å²) in [7, 11) is 0. The van der Waals surface area contributed by atoms with Crippen LogP contribution >= 0.6 is 0 Å². The maximum Gasteiger partial charge on any atom is 0.159 e. The minimum atomic E-state index is -0.522. The van der Waals surface area contributed by atoms with Gasteiger partial charge in [0, 0.05) is 36.6 Å². The van der Waals surface area contributed by atoms with Gasteiger partial charge in [0.1, 0.15) is 0 Å². The van der Waals surface area contributed by atoms with Crippen molar-refractivity contribution in [1.29, 1.82) is 0 Å². The molecule has 0 amide bonds. The summed E-state index contributed by atoms with van der Waals surface area (Å²) in [6.07, 6.45) is 1.40. The highest BCUT2D eigenvalue weighted by Crippen LogP contribution is 2.21. The van der Waals surface area contributed by atoms with Gasteiger partial charge >= 0.3 is 0 Å². The number of aliphatic hydroxyl groups excluding tert-OH is 1. The zero-order chi connectivity index (χ0) is 16.8. The molecule has 0 aliphatic carbocycles. The maximum absolute atomic E-state index is 9.71. The number of aryl methyl sites for hydroxylation is 2. The van der Waals surface area contributed by atoms with E-state index in [9.17, 15) is 5.11 Å². The van der Waals surface area contributed by atoms with Crippen LogP contribution in [0.15, 0.2) is 18.3 Å². The van der Waals surface area contributed by atoms with Crippen molar-refractivity contribution in [3.05, 3.63) is 46.7 Å². The first kappa shape index (κ1) is 15.3. The van der Waals surface area contributed by atoms with Crippen LogP contribution in [-0.4, -0.2) is 40.9 Å². The fourth-order valence-electron chi connectivity index (χ4n) is 3.35. The van der Waals surface area contributed by atoms with Gasteiger partial charge in [0.05, 0.1) is 30.2 Å². The summed E-state index contributed by atoms with van der Waals surface area (Å²) in [4.78, 5) is 7.03. The lowest BCUT2D eigenvalue weighted by Crippen LogP contribution is -2.33. The van der Waals surface area contributed by atoms with Crippen molar-refractivity contribution in [2.45, 2.75) is 46.5 Å². The SMILES string of the molecule is Cc1cc(C)n2ncc(CN3CCn4nc([C@@H](C)O)cc4C3)c2n1. The van der Waals surface area contributed by atoms with Crippen LogP contribution in [0.5, 0.6) is 0 Å². The van der Waals surface area contributed by atoms with Gasteiger partial charge < -0.3 is 5.11 Å². The van der Waals surface area contributed by atoms with Crippen LogP contribution < -0.4 is 0 Å². The van der Waals surface area contributed by atoms with Crippen LogP contribution in [-0.2, 0) is 19.6 Å². The van der Waals surface area contributed by atoms with Crippen molar-refractivity contribution in [3.8, 4) is 0 Å². The molecule has 0 bridgehead atoms. The summed E-state index contributed by atoms with van der Waals surface area (Å²) in [5.74, 6) is 0. The lowest BCUT2D eigenvalue weighted by Gasteiger charge is -2.27. The molecule has 1 atom stereocenters. The van der Waals surface area contributed by atoms with Crippen molar-refractivity contribution in [1.82, 2.24) is 29.3 Å². The average molecular weight is 326 g/mol. The summed E-state index contributed by atoms with van der Waals surface area (Å²) < 4.78 is 3.91. The Morgan fingerprint density at radius 2 is 2.08 bits per heavy atom. The van der Waals surface area contributed by atoms with Gasteiger partial charge in [0.25, 0.3) is 0 Å². The van der Waals surface area contributed by atoms with E-state index in [1.54, 1.807) is 6.92 Å². The number of rotatable bonds is 3. The molecule has 1 aliphatic rings. The van der Waals surface area contributed by atoms with Gasteiger partial charge in [-0.05, 0) is 32.9 Å². The van der Waals surface area contributed by atoms with Crippen molar-refractivity contribution in [3.63, 3.8) is 0 Å². The number of nitrogens with zero attached hydrogens (tertiary/aromatic N) is 6. The number of hydrogen-bond acceptors (Lipinski definition) is 5. The van der Waals surface area contributed by atoms with E-state index in [1.165, 1.54) is 0 Å². The second-order valence-electron chi connectivity index (χ2n) is 6.61.